The summed E-state index contributed by atoms with van der Waals surface area (Å²) in [6, 6.07) is 5.89. The number of aromatic nitrogens is 1. The SMILES string of the molecule is [Y].[c-]1ncccc1-c1[c-]scc1. The zero-order valence-corrected chi connectivity index (χ0v) is 9.97. The van der Waals surface area contributed by atoms with Crippen molar-refractivity contribution in [2.24, 2.45) is 0 Å². The molecule has 0 fully saturated rings. The number of pyridine rings is 1. The molecule has 1 radical (unpaired) electrons. The van der Waals surface area contributed by atoms with Crippen LogP contribution in [0.5, 0.6) is 0 Å². The second-order valence-electron chi connectivity index (χ2n) is 2.10. The molecule has 0 aliphatic carbocycles. The largest absolute Gasteiger partial charge is 0.371 e. The molecule has 0 saturated carbocycles. The third-order valence-corrected chi connectivity index (χ3v) is 1.98. The first-order chi connectivity index (χ1) is 5.47. The van der Waals surface area contributed by atoms with Crippen molar-refractivity contribution < 1.29 is 32.7 Å². The van der Waals surface area contributed by atoms with Crippen LogP contribution in [0.15, 0.2) is 29.8 Å². The Balaban J connectivity index is 0.000000720. The standard InChI is InChI=1S/C9H5NS.Y/c1-2-8(6-10-4-1)9-3-5-11-7-9;/h1-5H;/q-2;. The molecule has 0 bridgehead atoms. The van der Waals surface area contributed by atoms with Gasteiger partial charge in [-0.05, 0) is 0 Å². The fourth-order valence-corrected chi connectivity index (χ4v) is 1.43. The van der Waals surface area contributed by atoms with E-state index in [1.807, 2.05) is 23.6 Å². The van der Waals surface area contributed by atoms with Crippen molar-refractivity contribution in [1.29, 1.82) is 0 Å². The third-order valence-electron chi connectivity index (χ3n) is 1.37. The fraction of sp³-hybridized carbons (Fsp3) is 0. The average molecular weight is 248 g/mol. The number of hydrogen-bond donors (Lipinski definition) is 0. The summed E-state index contributed by atoms with van der Waals surface area (Å²) in [5, 5.41) is 5.12. The molecule has 2 rings (SSSR count). The van der Waals surface area contributed by atoms with E-state index in [4.69, 9.17) is 0 Å². The van der Waals surface area contributed by atoms with E-state index in [1.165, 1.54) is 0 Å². The van der Waals surface area contributed by atoms with E-state index >= 15 is 0 Å². The molecular weight excluding hydrogens is 243 g/mol. The summed E-state index contributed by atoms with van der Waals surface area (Å²) in [5.41, 5.74) is 2.08. The van der Waals surface area contributed by atoms with E-state index in [1.54, 1.807) is 17.5 Å². The van der Waals surface area contributed by atoms with Crippen LogP contribution >= 0.6 is 11.3 Å². The number of thiophene rings is 1. The van der Waals surface area contributed by atoms with E-state index < -0.39 is 0 Å². The van der Waals surface area contributed by atoms with Gasteiger partial charge in [0.15, 0.2) is 0 Å². The third kappa shape index (κ3) is 2.22. The molecule has 57 valence electrons. The Morgan fingerprint density at radius 1 is 1.25 bits per heavy atom. The van der Waals surface area contributed by atoms with E-state index in [0.29, 0.717) is 0 Å². The van der Waals surface area contributed by atoms with Crippen LogP contribution < -0.4 is 0 Å². The molecule has 3 heteroatoms. The molecule has 0 N–H and O–H groups in total. The summed E-state index contributed by atoms with van der Waals surface area (Å²) in [6.07, 6.45) is 4.61. The number of nitrogens with zero attached hydrogens (tertiary/aromatic N) is 1. The normalized spacial score (nSPS) is 9.00. The van der Waals surface area contributed by atoms with Crippen molar-refractivity contribution in [2.75, 3.05) is 0 Å². The average Bonchev–Trinajstić information content (AvgIpc) is 2.58. The molecule has 0 saturated heterocycles. The molecule has 0 aromatic carbocycles. The van der Waals surface area contributed by atoms with Gasteiger partial charge in [0.05, 0.1) is 0 Å². The van der Waals surface area contributed by atoms with Crippen LogP contribution in [-0.2, 0) is 32.7 Å². The van der Waals surface area contributed by atoms with Crippen LogP contribution in [0.4, 0.5) is 0 Å². The first-order valence-electron chi connectivity index (χ1n) is 3.25. The molecule has 0 atom stereocenters. The molecule has 0 aliphatic heterocycles. The molecule has 0 spiro atoms. The second-order valence-corrected chi connectivity index (χ2v) is 2.81. The summed E-state index contributed by atoms with van der Waals surface area (Å²) >= 11 is 1.56. The Morgan fingerprint density at radius 3 is 2.75 bits per heavy atom. The summed E-state index contributed by atoms with van der Waals surface area (Å²) in [6.45, 7) is 0. The summed E-state index contributed by atoms with van der Waals surface area (Å²) in [5.74, 6) is 0. The van der Waals surface area contributed by atoms with Crippen LogP contribution in [0, 0.1) is 11.6 Å². The van der Waals surface area contributed by atoms with Gasteiger partial charge >= 0.3 is 0 Å². The van der Waals surface area contributed by atoms with Crippen LogP contribution in [0.25, 0.3) is 11.1 Å². The van der Waals surface area contributed by atoms with E-state index in [9.17, 15) is 0 Å². The first kappa shape index (κ1) is 10.0. The Morgan fingerprint density at radius 2 is 2.17 bits per heavy atom. The fourth-order valence-electron chi connectivity index (χ4n) is 0.855. The predicted molar refractivity (Wildman–Crippen MR) is 45.2 cm³/mol. The minimum atomic E-state index is 0. The van der Waals surface area contributed by atoms with Crippen LogP contribution in [0.1, 0.15) is 0 Å². The minimum absolute atomic E-state index is 0. The van der Waals surface area contributed by atoms with Crippen molar-refractivity contribution in [3.8, 4) is 11.1 Å². The molecule has 2 heterocycles. The van der Waals surface area contributed by atoms with Gasteiger partial charge in [0.25, 0.3) is 0 Å². The van der Waals surface area contributed by atoms with Crippen molar-refractivity contribution >= 4 is 11.3 Å². The second kappa shape index (κ2) is 4.85. The van der Waals surface area contributed by atoms with Gasteiger partial charge in [-0.2, -0.15) is 6.07 Å². The van der Waals surface area contributed by atoms with Crippen molar-refractivity contribution in [3.05, 3.63) is 41.4 Å². The van der Waals surface area contributed by atoms with Crippen molar-refractivity contribution in [3.63, 3.8) is 0 Å². The monoisotopic (exact) mass is 248 g/mol. The minimum Gasteiger partial charge on any atom is -0.371 e. The van der Waals surface area contributed by atoms with E-state index in [2.05, 4.69) is 16.6 Å². The molecule has 0 amide bonds. The van der Waals surface area contributed by atoms with Gasteiger partial charge in [0, 0.05) is 32.7 Å². The molecule has 2 aromatic rings. The summed E-state index contributed by atoms with van der Waals surface area (Å²) < 4.78 is 0. The Labute approximate surface area is 101 Å². The maximum absolute atomic E-state index is 3.90. The van der Waals surface area contributed by atoms with Crippen molar-refractivity contribution in [2.45, 2.75) is 0 Å². The zero-order chi connectivity index (χ0) is 7.52. The zero-order valence-electron chi connectivity index (χ0n) is 6.32. The first-order valence-corrected chi connectivity index (χ1v) is 4.13. The Kier molecular flexibility index (Phi) is 4.06. The molecule has 1 nitrogen and oxygen atoms in total. The van der Waals surface area contributed by atoms with E-state index in [-0.39, 0.29) is 32.7 Å². The molecule has 0 aliphatic rings. The Bertz CT molecular complexity index is 318. The quantitative estimate of drug-likeness (QED) is 0.706. The van der Waals surface area contributed by atoms with Gasteiger partial charge in [-0.25, -0.2) is 17.2 Å². The maximum Gasteiger partial charge on any atom is 0 e. The topological polar surface area (TPSA) is 12.9 Å². The van der Waals surface area contributed by atoms with Crippen molar-refractivity contribution in [1.82, 2.24) is 4.98 Å². The molecular formula is C9H5NSY-2. The van der Waals surface area contributed by atoms with Gasteiger partial charge in [-0.15, -0.1) is 16.8 Å². The van der Waals surface area contributed by atoms with Gasteiger partial charge in [-0.3, -0.25) is 11.3 Å². The van der Waals surface area contributed by atoms with Gasteiger partial charge in [0.2, 0.25) is 0 Å². The van der Waals surface area contributed by atoms with Gasteiger partial charge in [0.1, 0.15) is 0 Å². The van der Waals surface area contributed by atoms with Gasteiger partial charge in [-0.1, -0.05) is 12.4 Å². The summed E-state index contributed by atoms with van der Waals surface area (Å²) in [4.78, 5) is 3.90. The molecule has 12 heavy (non-hydrogen) atoms. The van der Waals surface area contributed by atoms with Gasteiger partial charge < -0.3 is 4.98 Å². The number of rotatable bonds is 1. The Hall–Kier alpha value is -0.0461. The van der Waals surface area contributed by atoms with E-state index in [0.717, 1.165) is 11.1 Å². The predicted octanol–water partition coefficient (Wildman–Crippen LogP) is 2.41. The van der Waals surface area contributed by atoms with Crippen LogP contribution in [0.2, 0.25) is 0 Å². The maximum atomic E-state index is 3.90. The molecule has 0 unspecified atom stereocenters. The summed E-state index contributed by atoms with van der Waals surface area (Å²) in [7, 11) is 0. The molecule has 2 aromatic heterocycles. The van der Waals surface area contributed by atoms with Crippen LogP contribution in [0.3, 0.4) is 0 Å². The smallest absolute Gasteiger partial charge is 0 e. The number of hydrogen-bond acceptors (Lipinski definition) is 2. The van der Waals surface area contributed by atoms with Crippen LogP contribution in [-0.4, -0.2) is 4.98 Å².